The SMILES string of the molecule is O=C(Nc1ccc(Cl)cc1)C1CC=CCC1C(=O)Nc1ccccc1O. The van der Waals surface area contributed by atoms with Crippen molar-refractivity contribution in [3.8, 4) is 5.75 Å². The van der Waals surface area contributed by atoms with Crippen LogP contribution < -0.4 is 10.6 Å². The summed E-state index contributed by atoms with van der Waals surface area (Å²) in [5.41, 5.74) is 0.970. The molecular weight excluding hydrogens is 352 g/mol. The van der Waals surface area contributed by atoms with Crippen LogP contribution in [0.25, 0.3) is 0 Å². The minimum Gasteiger partial charge on any atom is -0.506 e. The summed E-state index contributed by atoms with van der Waals surface area (Å²) in [4.78, 5) is 25.4. The Morgan fingerprint density at radius 1 is 0.885 bits per heavy atom. The fourth-order valence-corrected chi connectivity index (χ4v) is 3.09. The average Bonchev–Trinajstić information content (AvgIpc) is 2.65. The first-order chi connectivity index (χ1) is 12.5. The quantitative estimate of drug-likeness (QED) is 0.557. The molecule has 26 heavy (non-hydrogen) atoms. The van der Waals surface area contributed by atoms with Gasteiger partial charge in [0.25, 0.3) is 0 Å². The van der Waals surface area contributed by atoms with E-state index in [1.807, 2.05) is 12.2 Å². The molecule has 1 aliphatic carbocycles. The maximum absolute atomic E-state index is 12.7. The molecule has 134 valence electrons. The predicted octanol–water partition coefficient (Wildman–Crippen LogP) is 4.21. The Kier molecular flexibility index (Phi) is 5.58. The number of aromatic hydroxyl groups is 1. The van der Waals surface area contributed by atoms with Gasteiger partial charge in [0.1, 0.15) is 5.75 Å². The van der Waals surface area contributed by atoms with Crippen molar-refractivity contribution >= 4 is 34.8 Å². The van der Waals surface area contributed by atoms with E-state index in [1.165, 1.54) is 6.07 Å². The minimum absolute atomic E-state index is 0.00522. The number of amides is 2. The van der Waals surface area contributed by atoms with Crippen LogP contribution in [0.4, 0.5) is 11.4 Å². The van der Waals surface area contributed by atoms with Crippen LogP contribution in [0.2, 0.25) is 5.02 Å². The molecule has 0 saturated carbocycles. The second-order valence-electron chi connectivity index (χ2n) is 6.16. The molecule has 2 aromatic carbocycles. The molecule has 0 aliphatic heterocycles. The molecular formula is C20H19ClN2O3. The average molecular weight is 371 g/mol. The largest absolute Gasteiger partial charge is 0.506 e. The Bertz CT molecular complexity index is 833. The molecule has 2 aromatic rings. The molecule has 0 aromatic heterocycles. The van der Waals surface area contributed by atoms with E-state index in [1.54, 1.807) is 42.5 Å². The van der Waals surface area contributed by atoms with Gasteiger partial charge in [-0.05, 0) is 49.2 Å². The monoisotopic (exact) mass is 370 g/mol. The summed E-state index contributed by atoms with van der Waals surface area (Å²) in [5, 5.41) is 16.0. The Morgan fingerprint density at radius 3 is 2.08 bits per heavy atom. The number of carbonyl (C=O) groups is 2. The number of phenols is 1. The smallest absolute Gasteiger partial charge is 0.228 e. The van der Waals surface area contributed by atoms with Gasteiger partial charge in [-0.1, -0.05) is 35.9 Å². The molecule has 2 unspecified atom stereocenters. The molecule has 0 saturated heterocycles. The number of allylic oxidation sites excluding steroid dienone is 2. The Hall–Kier alpha value is -2.79. The summed E-state index contributed by atoms with van der Waals surface area (Å²) in [6, 6.07) is 13.3. The zero-order chi connectivity index (χ0) is 18.5. The number of nitrogens with one attached hydrogen (secondary N) is 2. The third-order valence-electron chi connectivity index (χ3n) is 4.38. The van der Waals surface area contributed by atoms with Gasteiger partial charge in [-0.2, -0.15) is 0 Å². The minimum atomic E-state index is -0.507. The number of hydrogen-bond acceptors (Lipinski definition) is 3. The van der Waals surface area contributed by atoms with Crippen LogP contribution in [0.1, 0.15) is 12.8 Å². The highest BCUT2D eigenvalue weighted by Gasteiger charge is 2.34. The zero-order valence-corrected chi connectivity index (χ0v) is 14.7. The van der Waals surface area contributed by atoms with Gasteiger partial charge < -0.3 is 15.7 Å². The van der Waals surface area contributed by atoms with E-state index in [4.69, 9.17) is 11.6 Å². The molecule has 6 heteroatoms. The Labute approximate surface area is 156 Å². The van der Waals surface area contributed by atoms with Gasteiger partial charge in [0.05, 0.1) is 17.5 Å². The van der Waals surface area contributed by atoms with Crippen LogP contribution >= 0.6 is 11.6 Å². The van der Waals surface area contributed by atoms with E-state index >= 15 is 0 Å². The zero-order valence-electron chi connectivity index (χ0n) is 14.0. The van der Waals surface area contributed by atoms with Crippen LogP contribution in [-0.4, -0.2) is 16.9 Å². The van der Waals surface area contributed by atoms with E-state index in [9.17, 15) is 14.7 Å². The number of halogens is 1. The number of hydrogen-bond donors (Lipinski definition) is 3. The first kappa shape index (κ1) is 18.0. The van der Waals surface area contributed by atoms with Gasteiger partial charge in [-0.3, -0.25) is 9.59 Å². The van der Waals surface area contributed by atoms with E-state index < -0.39 is 11.8 Å². The van der Waals surface area contributed by atoms with Gasteiger partial charge in [-0.15, -0.1) is 0 Å². The van der Waals surface area contributed by atoms with Crippen molar-refractivity contribution in [1.82, 2.24) is 0 Å². The highest BCUT2D eigenvalue weighted by Crippen LogP contribution is 2.30. The lowest BCUT2D eigenvalue weighted by molar-refractivity contribution is -0.129. The molecule has 0 spiro atoms. The lowest BCUT2D eigenvalue weighted by Gasteiger charge is -2.26. The van der Waals surface area contributed by atoms with Crippen molar-refractivity contribution in [1.29, 1.82) is 0 Å². The third kappa shape index (κ3) is 4.24. The standard InChI is InChI=1S/C20H19ClN2O3/c21-13-9-11-14(12-10-13)22-19(25)15-5-1-2-6-16(15)20(26)23-17-7-3-4-8-18(17)24/h1-4,7-12,15-16,24H,5-6H2,(H,22,25)(H,23,26). The van der Waals surface area contributed by atoms with Gasteiger partial charge in [0.2, 0.25) is 11.8 Å². The number of carbonyl (C=O) groups excluding carboxylic acids is 2. The predicted molar refractivity (Wildman–Crippen MR) is 102 cm³/mol. The van der Waals surface area contributed by atoms with Gasteiger partial charge >= 0.3 is 0 Å². The maximum atomic E-state index is 12.7. The van der Waals surface area contributed by atoms with Crippen molar-refractivity contribution < 1.29 is 14.7 Å². The summed E-state index contributed by atoms with van der Waals surface area (Å²) in [6.45, 7) is 0. The van der Waals surface area contributed by atoms with E-state index in [0.717, 1.165) is 0 Å². The summed E-state index contributed by atoms with van der Waals surface area (Å²) < 4.78 is 0. The summed E-state index contributed by atoms with van der Waals surface area (Å²) in [6.07, 6.45) is 4.77. The number of phenolic OH excluding ortho intramolecular Hbond substituents is 1. The van der Waals surface area contributed by atoms with Crippen molar-refractivity contribution in [3.05, 3.63) is 65.7 Å². The molecule has 0 bridgehead atoms. The number of anilines is 2. The summed E-state index contributed by atoms with van der Waals surface area (Å²) in [7, 11) is 0. The molecule has 0 heterocycles. The second-order valence-corrected chi connectivity index (χ2v) is 6.59. The van der Waals surface area contributed by atoms with Crippen LogP contribution in [-0.2, 0) is 9.59 Å². The Balaban J connectivity index is 1.72. The second kappa shape index (κ2) is 8.06. The van der Waals surface area contributed by atoms with E-state index in [0.29, 0.717) is 29.2 Å². The van der Waals surface area contributed by atoms with Crippen LogP contribution in [0.5, 0.6) is 5.75 Å². The van der Waals surface area contributed by atoms with Crippen LogP contribution in [0, 0.1) is 11.8 Å². The number of benzene rings is 2. The normalized spacial score (nSPS) is 19.0. The molecule has 5 nitrogen and oxygen atoms in total. The number of rotatable bonds is 4. The third-order valence-corrected chi connectivity index (χ3v) is 4.63. The fourth-order valence-electron chi connectivity index (χ4n) is 2.97. The molecule has 0 fully saturated rings. The maximum Gasteiger partial charge on any atom is 0.228 e. The van der Waals surface area contributed by atoms with E-state index in [-0.39, 0.29) is 17.6 Å². The fraction of sp³-hybridized carbons (Fsp3) is 0.200. The lowest BCUT2D eigenvalue weighted by atomic mass is 9.81. The lowest BCUT2D eigenvalue weighted by Crippen LogP contribution is -2.37. The van der Waals surface area contributed by atoms with Crippen LogP contribution in [0.15, 0.2) is 60.7 Å². The highest BCUT2D eigenvalue weighted by atomic mass is 35.5. The molecule has 0 radical (unpaired) electrons. The molecule has 2 atom stereocenters. The summed E-state index contributed by atoms with van der Waals surface area (Å²) in [5.74, 6) is -1.50. The van der Waals surface area contributed by atoms with Gasteiger partial charge in [-0.25, -0.2) is 0 Å². The molecule has 3 N–H and O–H groups in total. The highest BCUT2D eigenvalue weighted by molar-refractivity contribution is 6.30. The first-order valence-corrected chi connectivity index (χ1v) is 8.72. The van der Waals surface area contributed by atoms with Gasteiger partial charge in [0, 0.05) is 10.7 Å². The molecule has 1 aliphatic rings. The van der Waals surface area contributed by atoms with Crippen molar-refractivity contribution in [2.24, 2.45) is 11.8 Å². The topological polar surface area (TPSA) is 78.4 Å². The van der Waals surface area contributed by atoms with Crippen molar-refractivity contribution in [2.75, 3.05) is 10.6 Å². The van der Waals surface area contributed by atoms with Gasteiger partial charge in [0.15, 0.2) is 0 Å². The van der Waals surface area contributed by atoms with Crippen LogP contribution in [0.3, 0.4) is 0 Å². The van der Waals surface area contributed by atoms with Crippen molar-refractivity contribution in [3.63, 3.8) is 0 Å². The van der Waals surface area contributed by atoms with E-state index in [2.05, 4.69) is 10.6 Å². The molecule has 2 amide bonds. The van der Waals surface area contributed by atoms with Crippen molar-refractivity contribution in [2.45, 2.75) is 12.8 Å². The Morgan fingerprint density at radius 2 is 1.46 bits per heavy atom. The number of para-hydroxylation sites is 2. The summed E-state index contributed by atoms with van der Waals surface area (Å²) >= 11 is 5.86. The first-order valence-electron chi connectivity index (χ1n) is 8.35. The molecule has 3 rings (SSSR count).